The standard InChI is InChI=1S/C19H21FO2S/c1-13-18(23(2,21)22)12-11-17(14-5-3-4-6-14)19(13)15-7-9-16(20)10-8-15/h7-10,12H,3-6,11H2,1-2H3. The first kappa shape index (κ1) is 16.2. The lowest BCUT2D eigenvalue weighted by Crippen LogP contribution is -2.10. The maximum absolute atomic E-state index is 13.3. The maximum atomic E-state index is 13.3. The predicted molar refractivity (Wildman–Crippen MR) is 92.0 cm³/mol. The SMILES string of the molecule is CC1=C(c2ccc(F)cc2)C(=C2CCCC2)CC=C1S(C)(=O)=O. The van der Waals surface area contributed by atoms with E-state index in [1.165, 1.54) is 42.4 Å². The molecule has 0 bridgehead atoms. The fraction of sp³-hybridized carbons (Fsp3) is 0.368. The molecule has 0 radical (unpaired) electrons. The molecule has 0 aliphatic heterocycles. The average molecular weight is 332 g/mol. The summed E-state index contributed by atoms with van der Waals surface area (Å²) in [5, 5.41) is 0. The zero-order valence-electron chi connectivity index (χ0n) is 13.5. The Kier molecular flexibility index (Phi) is 4.28. The molecule has 23 heavy (non-hydrogen) atoms. The Morgan fingerprint density at radius 1 is 1.04 bits per heavy atom. The molecule has 0 heterocycles. The van der Waals surface area contributed by atoms with Crippen molar-refractivity contribution >= 4 is 15.4 Å². The van der Waals surface area contributed by atoms with Crippen LogP contribution in [0.4, 0.5) is 4.39 Å². The second kappa shape index (κ2) is 6.08. The number of rotatable bonds is 2. The Balaban J connectivity index is 2.21. The van der Waals surface area contributed by atoms with E-state index in [-0.39, 0.29) is 5.82 Å². The molecule has 0 saturated heterocycles. The van der Waals surface area contributed by atoms with Crippen molar-refractivity contribution in [2.24, 2.45) is 0 Å². The van der Waals surface area contributed by atoms with Gasteiger partial charge in [0.2, 0.25) is 0 Å². The van der Waals surface area contributed by atoms with Gasteiger partial charge in [-0.15, -0.1) is 0 Å². The molecule has 0 atom stereocenters. The fourth-order valence-electron chi connectivity index (χ4n) is 3.66. The smallest absolute Gasteiger partial charge is 0.175 e. The normalized spacial score (nSPS) is 19.3. The van der Waals surface area contributed by atoms with Crippen LogP contribution < -0.4 is 0 Å². The minimum atomic E-state index is -3.26. The highest BCUT2D eigenvalue weighted by molar-refractivity contribution is 7.94. The summed E-state index contributed by atoms with van der Waals surface area (Å²) in [5.74, 6) is -0.281. The average Bonchev–Trinajstić information content (AvgIpc) is 3.01. The Labute approximate surface area is 137 Å². The number of halogens is 1. The summed E-state index contributed by atoms with van der Waals surface area (Å²) in [7, 11) is -3.26. The third-order valence-corrected chi connectivity index (χ3v) is 5.98. The van der Waals surface area contributed by atoms with Crippen LogP contribution in [0.2, 0.25) is 0 Å². The molecule has 0 N–H and O–H groups in total. The minimum Gasteiger partial charge on any atom is -0.224 e. The molecule has 4 heteroatoms. The molecule has 0 amide bonds. The molecule has 3 rings (SSSR count). The van der Waals surface area contributed by atoms with Crippen LogP contribution in [0.3, 0.4) is 0 Å². The van der Waals surface area contributed by atoms with Gasteiger partial charge in [-0.1, -0.05) is 23.8 Å². The van der Waals surface area contributed by atoms with Crippen molar-refractivity contribution < 1.29 is 12.8 Å². The van der Waals surface area contributed by atoms with Gasteiger partial charge in [0.25, 0.3) is 0 Å². The van der Waals surface area contributed by atoms with Crippen LogP contribution in [0.15, 0.2) is 52.0 Å². The van der Waals surface area contributed by atoms with E-state index < -0.39 is 9.84 Å². The van der Waals surface area contributed by atoms with Gasteiger partial charge in [-0.25, -0.2) is 12.8 Å². The van der Waals surface area contributed by atoms with Crippen molar-refractivity contribution in [1.82, 2.24) is 0 Å². The van der Waals surface area contributed by atoms with Crippen LogP contribution in [-0.2, 0) is 9.84 Å². The molecular formula is C19H21FO2S. The van der Waals surface area contributed by atoms with Crippen molar-refractivity contribution in [1.29, 1.82) is 0 Å². The lowest BCUT2D eigenvalue weighted by molar-refractivity contribution is 0.607. The number of sulfone groups is 1. The van der Waals surface area contributed by atoms with Crippen molar-refractivity contribution in [3.8, 4) is 0 Å². The summed E-state index contributed by atoms with van der Waals surface area (Å²) < 4.78 is 37.4. The Morgan fingerprint density at radius 3 is 2.22 bits per heavy atom. The van der Waals surface area contributed by atoms with Crippen LogP contribution in [0.1, 0.15) is 44.6 Å². The van der Waals surface area contributed by atoms with Gasteiger partial charge in [-0.3, -0.25) is 0 Å². The summed E-state index contributed by atoms with van der Waals surface area (Å²) in [6.45, 7) is 1.86. The third-order valence-electron chi connectivity index (χ3n) is 4.70. The molecule has 1 fully saturated rings. The molecule has 1 saturated carbocycles. The number of allylic oxidation sites excluding steroid dienone is 5. The first-order valence-electron chi connectivity index (χ1n) is 7.96. The molecule has 2 nitrogen and oxygen atoms in total. The van der Waals surface area contributed by atoms with E-state index in [0.717, 1.165) is 29.6 Å². The van der Waals surface area contributed by atoms with Crippen LogP contribution in [0.25, 0.3) is 5.57 Å². The van der Waals surface area contributed by atoms with Gasteiger partial charge in [0, 0.05) is 6.26 Å². The number of hydrogen-bond acceptors (Lipinski definition) is 2. The highest BCUT2D eigenvalue weighted by Gasteiger charge is 2.26. The molecule has 0 spiro atoms. The molecule has 0 unspecified atom stereocenters. The summed E-state index contributed by atoms with van der Waals surface area (Å²) >= 11 is 0. The molecule has 2 aliphatic carbocycles. The van der Waals surface area contributed by atoms with E-state index in [2.05, 4.69) is 0 Å². The van der Waals surface area contributed by atoms with Gasteiger partial charge >= 0.3 is 0 Å². The first-order chi connectivity index (χ1) is 10.9. The van der Waals surface area contributed by atoms with E-state index in [0.29, 0.717) is 11.3 Å². The van der Waals surface area contributed by atoms with Gasteiger partial charge in [-0.2, -0.15) is 0 Å². The maximum Gasteiger partial charge on any atom is 0.175 e. The molecular weight excluding hydrogens is 311 g/mol. The van der Waals surface area contributed by atoms with Crippen molar-refractivity contribution in [2.75, 3.05) is 6.26 Å². The highest BCUT2D eigenvalue weighted by atomic mass is 32.2. The van der Waals surface area contributed by atoms with Crippen molar-refractivity contribution in [3.63, 3.8) is 0 Å². The van der Waals surface area contributed by atoms with E-state index in [9.17, 15) is 12.8 Å². The van der Waals surface area contributed by atoms with Crippen LogP contribution in [-0.4, -0.2) is 14.7 Å². The van der Waals surface area contributed by atoms with Crippen LogP contribution in [0, 0.1) is 5.82 Å². The lowest BCUT2D eigenvalue weighted by atomic mass is 9.84. The topological polar surface area (TPSA) is 34.1 Å². The molecule has 2 aliphatic rings. The monoisotopic (exact) mass is 332 g/mol. The van der Waals surface area contributed by atoms with Crippen LogP contribution in [0.5, 0.6) is 0 Å². The zero-order chi connectivity index (χ0) is 16.6. The second-order valence-electron chi connectivity index (χ2n) is 6.34. The molecule has 1 aromatic rings. The number of hydrogen-bond donors (Lipinski definition) is 0. The molecule has 122 valence electrons. The van der Waals surface area contributed by atoms with Gasteiger partial charge in [0.1, 0.15) is 5.82 Å². The van der Waals surface area contributed by atoms with Crippen LogP contribution >= 0.6 is 0 Å². The summed E-state index contributed by atoms with van der Waals surface area (Å²) in [6.07, 6.45) is 8.26. The molecule has 1 aromatic carbocycles. The van der Waals surface area contributed by atoms with E-state index in [4.69, 9.17) is 0 Å². The van der Waals surface area contributed by atoms with Gasteiger partial charge in [0.15, 0.2) is 9.84 Å². The summed E-state index contributed by atoms with van der Waals surface area (Å²) in [5.41, 5.74) is 5.31. The Morgan fingerprint density at radius 2 is 1.65 bits per heavy atom. The van der Waals surface area contributed by atoms with Gasteiger partial charge in [-0.05, 0) is 73.4 Å². The predicted octanol–water partition coefficient (Wildman–Crippen LogP) is 4.80. The zero-order valence-corrected chi connectivity index (χ0v) is 14.3. The lowest BCUT2D eigenvalue weighted by Gasteiger charge is -2.24. The summed E-state index contributed by atoms with van der Waals surface area (Å²) in [4.78, 5) is 0.402. The fourth-order valence-corrected chi connectivity index (χ4v) is 4.71. The molecule has 0 aromatic heterocycles. The number of benzene rings is 1. The largest absolute Gasteiger partial charge is 0.224 e. The van der Waals surface area contributed by atoms with Gasteiger partial charge < -0.3 is 0 Å². The minimum absolute atomic E-state index is 0.281. The summed E-state index contributed by atoms with van der Waals surface area (Å²) in [6, 6.07) is 6.36. The van der Waals surface area contributed by atoms with E-state index in [1.807, 2.05) is 13.0 Å². The third kappa shape index (κ3) is 3.18. The first-order valence-corrected chi connectivity index (χ1v) is 9.86. The van der Waals surface area contributed by atoms with E-state index in [1.54, 1.807) is 12.1 Å². The highest BCUT2D eigenvalue weighted by Crippen LogP contribution is 2.42. The van der Waals surface area contributed by atoms with Crippen molar-refractivity contribution in [2.45, 2.75) is 39.0 Å². The second-order valence-corrected chi connectivity index (χ2v) is 8.32. The Bertz CT molecular complexity index is 817. The van der Waals surface area contributed by atoms with E-state index >= 15 is 0 Å². The van der Waals surface area contributed by atoms with Crippen molar-refractivity contribution in [3.05, 3.63) is 63.3 Å². The Hall–Kier alpha value is -1.68. The quantitative estimate of drug-likeness (QED) is 0.779. The van der Waals surface area contributed by atoms with Gasteiger partial charge in [0.05, 0.1) is 4.91 Å².